The third-order valence-corrected chi connectivity index (χ3v) is 4.33. The normalized spacial score (nSPS) is 21.1. The minimum absolute atomic E-state index is 0.0361. The highest BCUT2D eigenvalue weighted by Gasteiger charge is 2.38. The number of nitrogens with two attached hydrogens (primary N) is 1. The second-order valence-electron chi connectivity index (χ2n) is 5.22. The van der Waals surface area contributed by atoms with Crippen LogP contribution in [0.25, 0.3) is 0 Å². The molecule has 1 fully saturated rings. The van der Waals surface area contributed by atoms with E-state index in [1.807, 2.05) is 19.2 Å². The van der Waals surface area contributed by atoms with Crippen LogP contribution in [0.3, 0.4) is 0 Å². The molecule has 0 heterocycles. The smallest absolute Gasteiger partial charge is 0.0744 e. The van der Waals surface area contributed by atoms with Crippen molar-refractivity contribution in [2.75, 3.05) is 12.8 Å². The van der Waals surface area contributed by atoms with E-state index in [1.165, 1.54) is 37.7 Å². The maximum absolute atomic E-state index is 5.89. The molecule has 2 N–H and O–H groups in total. The van der Waals surface area contributed by atoms with Crippen molar-refractivity contribution in [2.45, 2.75) is 50.5 Å². The first-order chi connectivity index (χ1) is 8.18. The van der Waals surface area contributed by atoms with E-state index in [0.29, 0.717) is 5.92 Å². The van der Waals surface area contributed by atoms with Crippen molar-refractivity contribution >= 4 is 5.69 Å². The van der Waals surface area contributed by atoms with E-state index in [1.54, 1.807) is 0 Å². The van der Waals surface area contributed by atoms with Crippen LogP contribution in [0, 0.1) is 0 Å². The first-order valence-electron chi connectivity index (χ1n) is 6.58. The SMILES string of the molecule is COC1(C(C)c2ccc(N)cc2)CCCCC1. The third kappa shape index (κ3) is 2.47. The Labute approximate surface area is 104 Å². The lowest BCUT2D eigenvalue weighted by molar-refractivity contribution is -0.0566. The van der Waals surface area contributed by atoms with Crippen LogP contribution in [0.1, 0.15) is 50.5 Å². The molecule has 1 aliphatic carbocycles. The quantitative estimate of drug-likeness (QED) is 0.807. The van der Waals surface area contributed by atoms with Gasteiger partial charge < -0.3 is 10.5 Å². The number of benzene rings is 1. The second kappa shape index (κ2) is 5.09. The molecule has 94 valence electrons. The lowest BCUT2D eigenvalue weighted by Gasteiger charge is -2.41. The summed E-state index contributed by atoms with van der Waals surface area (Å²) in [5.41, 5.74) is 7.94. The molecule has 0 spiro atoms. The molecule has 1 aromatic carbocycles. The predicted molar refractivity (Wildman–Crippen MR) is 72.1 cm³/mol. The minimum atomic E-state index is 0.0361. The van der Waals surface area contributed by atoms with Crippen molar-refractivity contribution in [3.63, 3.8) is 0 Å². The van der Waals surface area contributed by atoms with Gasteiger partial charge in [0.25, 0.3) is 0 Å². The fourth-order valence-electron chi connectivity index (χ4n) is 3.05. The molecule has 1 aromatic rings. The number of rotatable bonds is 3. The molecular weight excluding hydrogens is 210 g/mol. The fraction of sp³-hybridized carbons (Fsp3) is 0.600. The molecule has 0 aromatic heterocycles. The zero-order valence-corrected chi connectivity index (χ0v) is 10.9. The Morgan fingerprint density at radius 3 is 2.24 bits per heavy atom. The number of ether oxygens (including phenoxy) is 1. The van der Waals surface area contributed by atoms with Crippen LogP contribution < -0.4 is 5.73 Å². The Bertz CT molecular complexity index is 352. The first-order valence-corrected chi connectivity index (χ1v) is 6.58. The fourth-order valence-corrected chi connectivity index (χ4v) is 3.05. The molecule has 2 nitrogen and oxygen atoms in total. The Morgan fingerprint density at radius 1 is 1.12 bits per heavy atom. The van der Waals surface area contributed by atoms with Crippen LogP contribution in [-0.4, -0.2) is 12.7 Å². The molecular formula is C15H23NO. The molecule has 1 saturated carbocycles. The van der Waals surface area contributed by atoms with Crippen LogP contribution in [0.2, 0.25) is 0 Å². The number of nitrogen functional groups attached to an aromatic ring is 1. The van der Waals surface area contributed by atoms with Crippen molar-refractivity contribution in [3.8, 4) is 0 Å². The monoisotopic (exact) mass is 233 g/mol. The van der Waals surface area contributed by atoms with Gasteiger partial charge in [-0.05, 0) is 30.5 Å². The van der Waals surface area contributed by atoms with E-state index in [4.69, 9.17) is 10.5 Å². The Morgan fingerprint density at radius 2 is 1.71 bits per heavy atom. The molecule has 1 aliphatic rings. The maximum atomic E-state index is 5.89. The molecule has 1 unspecified atom stereocenters. The zero-order valence-electron chi connectivity index (χ0n) is 10.9. The van der Waals surface area contributed by atoms with E-state index < -0.39 is 0 Å². The molecule has 2 rings (SSSR count). The number of methoxy groups -OCH3 is 1. The van der Waals surface area contributed by atoms with Crippen molar-refractivity contribution in [2.24, 2.45) is 0 Å². The highest BCUT2D eigenvalue weighted by atomic mass is 16.5. The number of hydrogen-bond donors (Lipinski definition) is 1. The summed E-state index contributed by atoms with van der Waals surface area (Å²) in [5.74, 6) is 0.438. The highest BCUT2D eigenvalue weighted by Crippen LogP contribution is 2.42. The van der Waals surface area contributed by atoms with Gasteiger partial charge >= 0.3 is 0 Å². The maximum Gasteiger partial charge on any atom is 0.0744 e. The van der Waals surface area contributed by atoms with Gasteiger partial charge in [-0.15, -0.1) is 0 Å². The molecule has 0 saturated heterocycles. The van der Waals surface area contributed by atoms with E-state index in [2.05, 4.69) is 19.1 Å². The van der Waals surface area contributed by atoms with E-state index >= 15 is 0 Å². The summed E-state index contributed by atoms with van der Waals surface area (Å²) < 4.78 is 5.89. The van der Waals surface area contributed by atoms with Gasteiger partial charge in [0.2, 0.25) is 0 Å². The van der Waals surface area contributed by atoms with E-state index in [0.717, 1.165) is 5.69 Å². The summed E-state index contributed by atoms with van der Waals surface area (Å²) in [6, 6.07) is 8.24. The summed E-state index contributed by atoms with van der Waals surface area (Å²) in [6.07, 6.45) is 6.27. The molecule has 0 bridgehead atoms. The number of hydrogen-bond acceptors (Lipinski definition) is 2. The van der Waals surface area contributed by atoms with Crippen LogP contribution in [0.15, 0.2) is 24.3 Å². The average Bonchev–Trinajstić information content (AvgIpc) is 2.39. The van der Waals surface area contributed by atoms with Gasteiger partial charge in [-0.25, -0.2) is 0 Å². The molecule has 17 heavy (non-hydrogen) atoms. The third-order valence-electron chi connectivity index (χ3n) is 4.33. The summed E-state index contributed by atoms with van der Waals surface area (Å²) in [5, 5.41) is 0. The van der Waals surface area contributed by atoms with Gasteiger partial charge in [0.05, 0.1) is 5.60 Å². The second-order valence-corrected chi connectivity index (χ2v) is 5.22. The first kappa shape index (κ1) is 12.4. The van der Waals surface area contributed by atoms with Crippen molar-refractivity contribution in [3.05, 3.63) is 29.8 Å². The minimum Gasteiger partial charge on any atom is -0.399 e. The van der Waals surface area contributed by atoms with E-state index in [9.17, 15) is 0 Å². The van der Waals surface area contributed by atoms with Crippen LogP contribution in [-0.2, 0) is 4.74 Å². The highest BCUT2D eigenvalue weighted by molar-refractivity contribution is 5.40. The summed E-state index contributed by atoms with van der Waals surface area (Å²) >= 11 is 0. The van der Waals surface area contributed by atoms with Gasteiger partial charge in [0, 0.05) is 18.7 Å². The predicted octanol–water partition coefficient (Wildman–Crippen LogP) is 3.72. The van der Waals surface area contributed by atoms with Gasteiger partial charge in [-0.3, -0.25) is 0 Å². The molecule has 2 heteroatoms. The zero-order chi connectivity index (χ0) is 12.3. The summed E-state index contributed by atoms with van der Waals surface area (Å²) in [7, 11) is 1.86. The van der Waals surface area contributed by atoms with Gasteiger partial charge in [-0.2, -0.15) is 0 Å². The Kier molecular flexibility index (Phi) is 3.72. The standard InChI is InChI=1S/C15H23NO/c1-12(13-6-8-14(16)9-7-13)15(17-2)10-4-3-5-11-15/h6-9,12H,3-5,10-11,16H2,1-2H3. The van der Waals surface area contributed by atoms with Gasteiger partial charge in [-0.1, -0.05) is 38.3 Å². The summed E-state index contributed by atoms with van der Waals surface area (Å²) in [6.45, 7) is 2.28. The van der Waals surface area contributed by atoms with Gasteiger partial charge in [0.15, 0.2) is 0 Å². The van der Waals surface area contributed by atoms with Crippen LogP contribution in [0.4, 0.5) is 5.69 Å². The lowest BCUT2D eigenvalue weighted by Crippen LogP contribution is -2.39. The molecule has 0 amide bonds. The van der Waals surface area contributed by atoms with Crippen LogP contribution >= 0.6 is 0 Å². The Hall–Kier alpha value is -1.02. The summed E-state index contributed by atoms with van der Waals surface area (Å²) in [4.78, 5) is 0. The average molecular weight is 233 g/mol. The van der Waals surface area contributed by atoms with Crippen LogP contribution in [0.5, 0.6) is 0 Å². The Balaban J connectivity index is 2.21. The van der Waals surface area contributed by atoms with Crippen molar-refractivity contribution < 1.29 is 4.74 Å². The number of anilines is 1. The van der Waals surface area contributed by atoms with Gasteiger partial charge in [0.1, 0.15) is 0 Å². The van der Waals surface area contributed by atoms with E-state index in [-0.39, 0.29) is 5.60 Å². The lowest BCUT2D eigenvalue weighted by atomic mass is 9.73. The largest absolute Gasteiger partial charge is 0.399 e. The van der Waals surface area contributed by atoms with Crippen molar-refractivity contribution in [1.29, 1.82) is 0 Å². The molecule has 0 radical (unpaired) electrons. The topological polar surface area (TPSA) is 35.2 Å². The molecule has 0 aliphatic heterocycles. The molecule has 1 atom stereocenters. The van der Waals surface area contributed by atoms with Crippen molar-refractivity contribution in [1.82, 2.24) is 0 Å².